The van der Waals surface area contributed by atoms with Crippen LogP contribution in [0.5, 0.6) is 0 Å². The molecule has 2 heterocycles. The lowest BCUT2D eigenvalue weighted by atomic mass is 10.1. The monoisotopic (exact) mass is 323 g/mol. The molecule has 3 rings (SSSR count). The third kappa shape index (κ3) is 3.38. The van der Waals surface area contributed by atoms with Crippen molar-refractivity contribution in [2.75, 3.05) is 0 Å². The van der Waals surface area contributed by atoms with Gasteiger partial charge in [-0.3, -0.25) is 30.3 Å². The molecule has 0 saturated carbocycles. The maximum Gasteiger partial charge on any atom is 0.287 e. The minimum Gasteiger partial charge on any atom is -0.329 e. The number of hydrazine groups is 1. The Labute approximate surface area is 135 Å². The highest BCUT2D eigenvalue weighted by Gasteiger charge is 2.12. The van der Waals surface area contributed by atoms with Gasteiger partial charge in [0.05, 0.1) is 5.69 Å². The fourth-order valence-corrected chi connectivity index (χ4v) is 2.03. The summed E-state index contributed by atoms with van der Waals surface area (Å²) in [6, 6.07) is 13.5. The Balaban J connectivity index is 1.64. The normalized spacial score (nSPS) is 10.2. The summed E-state index contributed by atoms with van der Waals surface area (Å²) in [5.41, 5.74) is 5.89. The van der Waals surface area contributed by atoms with Crippen molar-refractivity contribution in [3.63, 3.8) is 0 Å². The Bertz CT molecular complexity index is 930. The molecule has 0 saturated heterocycles. The van der Waals surface area contributed by atoms with Crippen LogP contribution in [-0.4, -0.2) is 27.0 Å². The van der Waals surface area contributed by atoms with Crippen LogP contribution in [0.4, 0.5) is 0 Å². The Morgan fingerprint density at radius 3 is 2.46 bits per heavy atom. The third-order valence-corrected chi connectivity index (χ3v) is 3.22. The van der Waals surface area contributed by atoms with Crippen LogP contribution >= 0.6 is 0 Å². The Hall–Kier alpha value is -3.68. The van der Waals surface area contributed by atoms with Crippen molar-refractivity contribution in [2.24, 2.45) is 0 Å². The molecule has 4 N–H and O–H groups in total. The number of pyridine rings is 1. The zero-order valence-electron chi connectivity index (χ0n) is 12.4. The second kappa shape index (κ2) is 6.61. The average Bonchev–Trinajstić information content (AvgIpc) is 3.10. The molecule has 3 aromatic rings. The number of hydrogen-bond acceptors (Lipinski definition) is 4. The summed E-state index contributed by atoms with van der Waals surface area (Å²) < 4.78 is 0. The minimum absolute atomic E-state index is 0.133. The summed E-state index contributed by atoms with van der Waals surface area (Å²) in [7, 11) is 0. The highest BCUT2D eigenvalue weighted by Crippen LogP contribution is 2.16. The van der Waals surface area contributed by atoms with E-state index in [2.05, 4.69) is 26.0 Å². The fraction of sp³-hybridized carbons (Fsp3) is 0. The molecular formula is C16H13N5O3. The Morgan fingerprint density at radius 2 is 1.71 bits per heavy atom. The van der Waals surface area contributed by atoms with Gasteiger partial charge in [0.2, 0.25) is 5.56 Å². The largest absolute Gasteiger partial charge is 0.329 e. The smallest absolute Gasteiger partial charge is 0.287 e. The number of aromatic nitrogens is 3. The number of nitrogens with zero attached hydrogens (tertiary/aromatic N) is 1. The van der Waals surface area contributed by atoms with Gasteiger partial charge in [-0.15, -0.1) is 0 Å². The molecule has 120 valence electrons. The van der Waals surface area contributed by atoms with Gasteiger partial charge in [0.15, 0.2) is 0 Å². The van der Waals surface area contributed by atoms with Crippen molar-refractivity contribution in [2.45, 2.75) is 0 Å². The number of benzene rings is 1. The minimum atomic E-state index is -0.600. The second-order valence-corrected chi connectivity index (χ2v) is 4.88. The van der Waals surface area contributed by atoms with Crippen LogP contribution in [0.2, 0.25) is 0 Å². The molecule has 2 aromatic heterocycles. The van der Waals surface area contributed by atoms with Crippen LogP contribution in [-0.2, 0) is 0 Å². The van der Waals surface area contributed by atoms with E-state index in [0.717, 1.165) is 11.6 Å². The first-order valence-corrected chi connectivity index (χ1v) is 7.04. The van der Waals surface area contributed by atoms with Gasteiger partial charge < -0.3 is 4.98 Å². The maximum atomic E-state index is 12.0. The quantitative estimate of drug-likeness (QED) is 0.534. The first-order valence-electron chi connectivity index (χ1n) is 7.04. The van der Waals surface area contributed by atoms with E-state index in [0.29, 0.717) is 5.69 Å². The summed E-state index contributed by atoms with van der Waals surface area (Å²) >= 11 is 0. The van der Waals surface area contributed by atoms with Crippen molar-refractivity contribution in [1.29, 1.82) is 0 Å². The molecule has 0 atom stereocenters. The standard InChI is InChI=1S/C16H13N5O3/c22-14-8-11(6-7-17-14)15(23)20-21-16(24)13-9-12(18-19-13)10-4-2-1-3-5-10/h1-9H,(H,17,22)(H,18,19)(H,20,23)(H,21,24). The van der Waals surface area contributed by atoms with Crippen molar-refractivity contribution in [1.82, 2.24) is 26.0 Å². The van der Waals surface area contributed by atoms with Gasteiger partial charge in [-0.25, -0.2) is 0 Å². The lowest BCUT2D eigenvalue weighted by molar-refractivity contribution is 0.0844. The first-order chi connectivity index (χ1) is 11.6. The van der Waals surface area contributed by atoms with Crippen LogP contribution in [0.3, 0.4) is 0 Å². The van der Waals surface area contributed by atoms with E-state index in [1.54, 1.807) is 6.07 Å². The summed E-state index contributed by atoms with van der Waals surface area (Å²) in [5, 5.41) is 6.67. The average molecular weight is 323 g/mol. The summed E-state index contributed by atoms with van der Waals surface area (Å²) in [6.45, 7) is 0. The number of nitrogens with one attached hydrogen (secondary N) is 4. The summed E-state index contributed by atoms with van der Waals surface area (Å²) in [6.07, 6.45) is 1.35. The van der Waals surface area contributed by atoms with E-state index in [1.807, 2.05) is 30.3 Å². The van der Waals surface area contributed by atoms with Gasteiger partial charge in [0.25, 0.3) is 11.8 Å². The molecule has 0 aliphatic rings. The molecule has 0 aliphatic carbocycles. The number of hydrogen-bond donors (Lipinski definition) is 4. The molecule has 0 unspecified atom stereocenters. The molecule has 0 radical (unpaired) electrons. The van der Waals surface area contributed by atoms with E-state index < -0.39 is 17.4 Å². The van der Waals surface area contributed by atoms with Crippen LogP contribution in [0.1, 0.15) is 20.8 Å². The number of amides is 2. The highest BCUT2D eigenvalue weighted by atomic mass is 16.2. The lowest BCUT2D eigenvalue weighted by Gasteiger charge is -2.05. The highest BCUT2D eigenvalue weighted by molar-refractivity contribution is 5.98. The van der Waals surface area contributed by atoms with E-state index in [1.165, 1.54) is 12.3 Å². The van der Waals surface area contributed by atoms with Crippen molar-refractivity contribution in [3.05, 3.63) is 76.3 Å². The Morgan fingerprint density at radius 1 is 0.958 bits per heavy atom. The van der Waals surface area contributed by atoms with Crippen LogP contribution in [0, 0.1) is 0 Å². The molecule has 0 bridgehead atoms. The van der Waals surface area contributed by atoms with Gasteiger partial charge in [-0.1, -0.05) is 30.3 Å². The van der Waals surface area contributed by atoms with Crippen LogP contribution in [0.15, 0.2) is 59.5 Å². The molecular weight excluding hydrogens is 310 g/mol. The van der Waals surface area contributed by atoms with Crippen LogP contribution < -0.4 is 16.4 Å². The Kier molecular flexibility index (Phi) is 4.19. The predicted molar refractivity (Wildman–Crippen MR) is 86.0 cm³/mol. The lowest BCUT2D eigenvalue weighted by Crippen LogP contribution is -2.42. The molecule has 0 aliphatic heterocycles. The maximum absolute atomic E-state index is 12.0. The van der Waals surface area contributed by atoms with Crippen molar-refractivity contribution < 1.29 is 9.59 Å². The van der Waals surface area contributed by atoms with Crippen LogP contribution in [0.25, 0.3) is 11.3 Å². The van der Waals surface area contributed by atoms with E-state index >= 15 is 0 Å². The van der Waals surface area contributed by atoms with Crippen molar-refractivity contribution >= 4 is 11.8 Å². The van der Waals surface area contributed by atoms with E-state index in [9.17, 15) is 14.4 Å². The first kappa shape index (κ1) is 15.2. The zero-order chi connectivity index (χ0) is 16.9. The number of carbonyl (C=O) groups excluding carboxylic acids is 2. The second-order valence-electron chi connectivity index (χ2n) is 4.88. The molecule has 24 heavy (non-hydrogen) atoms. The molecule has 8 nitrogen and oxygen atoms in total. The molecule has 2 amide bonds. The van der Waals surface area contributed by atoms with Gasteiger partial charge in [0.1, 0.15) is 5.69 Å². The number of aromatic amines is 2. The summed E-state index contributed by atoms with van der Waals surface area (Å²) in [4.78, 5) is 37.4. The van der Waals surface area contributed by atoms with E-state index in [4.69, 9.17) is 0 Å². The molecule has 0 fully saturated rings. The van der Waals surface area contributed by atoms with E-state index in [-0.39, 0.29) is 11.3 Å². The third-order valence-electron chi connectivity index (χ3n) is 3.22. The zero-order valence-corrected chi connectivity index (χ0v) is 12.4. The molecule has 1 aromatic carbocycles. The SMILES string of the molecule is O=C(NNC(=O)c1cc(-c2ccccc2)n[nH]1)c1cc[nH]c(=O)c1. The van der Waals surface area contributed by atoms with Gasteiger partial charge in [0, 0.05) is 23.4 Å². The topological polar surface area (TPSA) is 120 Å². The number of H-pyrrole nitrogens is 2. The van der Waals surface area contributed by atoms with Gasteiger partial charge in [-0.05, 0) is 12.1 Å². The summed E-state index contributed by atoms with van der Waals surface area (Å²) in [5.74, 6) is -1.15. The fourth-order valence-electron chi connectivity index (χ4n) is 2.03. The predicted octanol–water partition coefficient (Wildman–Crippen LogP) is 0.840. The van der Waals surface area contributed by atoms with Crippen molar-refractivity contribution in [3.8, 4) is 11.3 Å². The molecule has 0 spiro atoms. The number of carbonyl (C=O) groups is 2. The van der Waals surface area contributed by atoms with Gasteiger partial charge >= 0.3 is 0 Å². The van der Waals surface area contributed by atoms with Gasteiger partial charge in [-0.2, -0.15) is 5.10 Å². The number of rotatable bonds is 3. The molecule has 8 heteroatoms.